The summed E-state index contributed by atoms with van der Waals surface area (Å²) in [6.45, 7) is 4.68. The predicted molar refractivity (Wildman–Crippen MR) is 112 cm³/mol. The van der Waals surface area contributed by atoms with E-state index in [9.17, 15) is 4.79 Å². The fourth-order valence-corrected chi connectivity index (χ4v) is 5.95. The molecule has 0 saturated heterocycles. The van der Waals surface area contributed by atoms with Gasteiger partial charge in [-0.05, 0) is 68.2 Å². The lowest BCUT2D eigenvalue weighted by Crippen LogP contribution is -2.42. The summed E-state index contributed by atoms with van der Waals surface area (Å²) in [5, 5.41) is 1.49. The average molecular weight is 381 g/mol. The molecule has 0 N–H and O–H groups in total. The monoisotopic (exact) mass is 380 g/mol. The summed E-state index contributed by atoms with van der Waals surface area (Å²) in [5.74, 6) is 0.667. The maximum absolute atomic E-state index is 12.1. The zero-order valence-electron chi connectivity index (χ0n) is 17.1. The minimum atomic E-state index is -0.0845. The molecule has 5 rings (SSSR count). The van der Waals surface area contributed by atoms with Crippen LogP contribution in [0.4, 0.5) is 0 Å². The number of benzene rings is 1. The zero-order chi connectivity index (χ0) is 19.1. The molecule has 4 heteroatoms. The third kappa shape index (κ3) is 3.06. The van der Waals surface area contributed by atoms with Crippen molar-refractivity contribution in [2.45, 2.75) is 76.8 Å². The quantitative estimate of drug-likeness (QED) is 0.704. The molecule has 2 heterocycles. The van der Waals surface area contributed by atoms with Crippen molar-refractivity contribution in [2.75, 3.05) is 19.7 Å². The Kier molecular flexibility index (Phi) is 4.92. The first-order valence-electron chi connectivity index (χ1n) is 11.3. The van der Waals surface area contributed by atoms with Gasteiger partial charge in [-0.1, -0.05) is 25.3 Å². The number of hydrogen-bond donors (Lipinski definition) is 0. The van der Waals surface area contributed by atoms with Crippen molar-refractivity contribution >= 4 is 16.9 Å². The van der Waals surface area contributed by atoms with Crippen LogP contribution < -0.4 is 0 Å². The number of esters is 1. The number of ether oxygens (including phenoxy) is 1. The second-order valence-electron chi connectivity index (χ2n) is 8.81. The maximum Gasteiger partial charge on any atom is 0.320 e. The molecule has 1 saturated carbocycles. The molecule has 0 bridgehead atoms. The van der Waals surface area contributed by atoms with Crippen LogP contribution in [0, 0.1) is 0 Å². The first-order chi connectivity index (χ1) is 13.8. The van der Waals surface area contributed by atoms with Gasteiger partial charge >= 0.3 is 5.97 Å². The van der Waals surface area contributed by atoms with E-state index in [0.717, 1.165) is 25.4 Å². The smallest absolute Gasteiger partial charge is 0.320 e. The van der Waals surface area contributed by atoms with E-state index in [4.69, 9.17) is 4.74 Å². The Bertz CT molecular complexity index is 878. The van der Waals surface area contributed by atoms with E-state index in [1.807, 2.05) is 6.92 Å². The van der Waals surface area contributed by atoms with Crippen molar-refractivity contribution in [3.8, 4) is 0 Å². The van der Waals surface area contributed by atoms with Gasteiger partial charge in [-0.2, -0.15) is 0 Å². The molecule has 0 spiro atoms. The highest BCUT2D eigenvalue weighted by molar-refractivity contribution is 5.87. The zero-order valence-corrected chi connectivity index (χ0v) is 17.1. The fourth-order valence-electron chi connectivity index (χ4n) is 5.95. The molecular weight excluding hydrogens is 348 g/mol. The van der Waals surface area contributed by atoms with E-state index in [-0.39, 0.29) is 5.97 Å². The van der Waals surface area contributed by atoms with Crippen LogP contribution in [0.5, 0.6) is 0 Å². The SMILES string of the molecule is CCOC(=O)CN1CCn2c3c(c4cc(C5CCCCC5)ccc42)CCC[C@@H]31. The molecule has 1 aromatic heterocycles. The standard InChI is InChI=1S/C24H32N2O2/c1-2-28-23(27)16-25-13-14-26-21-12-11-18(17-7-4-3-5-8-17)15-20(21)19-9-6-10-22(25)24(19)26/h11-12,15,17,22H,2-10,13-14,16H2,1H3/t22-/m0/s1. The Labute approximate surface area is 167 Å². The van der Waals surface area contributed by atoms with Gasteiger partial charge in [0.1, 0.15) is 0 Å². The normalized spacial score (nSPS) is 23.0. The predicted octanol–water partition coefficient (Wildman–Crippen LogP) is 4.95. The van der Waals surface area contributed by atoms with Crippen molar-refractivity contribution < 1.29 is 9.53 Å². The van der Waals surface area contributed by atoms with E-state index < -0.39 is 0 Å². The third-order valence-electron chi connectivity index (χ3n) is 7.22. The van der Waals surface area contributed by atoms with Crippen LogP contribution in [0.1, 0.15) is 80.7 Å². The van der Waals surface area contributed by atoms with Gasteiger partial charge in [-0.3, -0.25) is 9.69 Å². The number of hydrogen-bond acceptors (Lipinski definition) is 3. The Hall–Kier alpha value is -1.81. The highest BCUT2D eigenvalue weighted by atomic mass is 16.5. The Morgan fingerprint density at radius 3 is 2.79 bits per heavy atom. The lowest BCUT2D eigenvalue weighted by Gasteiger charge is -2.39. The topological polar surface area (TPSA) is 34.5 Å². The molecule has 0 unspecified atom stereocenters. The van der Waals surface area contributed by atoms with Crippen LogP contribution in [-0.2, 0) is 22.5 Å². The van der Waals surface area contributed by atoms with E-state index in [1.165, 1.54) is 61.5 Å². The van der Waals surface area contributed by atoms with Crippen LogP contribution in [0.3, 0.4) is 0 Å². The summed E-state index contributed by atoms with van der Waals surface area (Å²) < 4.78 is 7.78. The number of carbonyl (C=O) groups excluding carboxylic acids is 1. The summed E-state index contributed by atoms with van der Waals surface area (Å²) in [6, 6.07) is 7.67. The van der Waals surface area contributed by atoms with Crippen molar-refractivity contribution in [1.82, 2.24) is 9.47 Å². The van der Waals surface area contributed by atoms with Gasteiger partial charge in [0.15, 0.2) is 0 Å². The molecule has 0 amide bonds. The van der Waals surface area contributed by atoms with E-state index in [1.54, 1.807) is 11.1 Å². The lowest BCUT2D eigenvalue weighted by molar-refractivity contribution is -0.145. The molecule has 150 valence electrons. The number of aromatic nitrogens is 1. The highest BCUT2D eigenvalue weighted by Crippen LogP contribution is 2.44. The van der Waals surface area contributed by atoms with Gasteiger partial charge in [-0.15, -0.1) is 0 Å². The van der Waals surface area contributed by atoms with Crippen molar-refractivity contribution in [3.05, 3.63) is 35.0 Å². The van der Waals surface area contributed by atoms with Crippen LogP contribution in [0.2, 0.25) is 0 Å². The number of fused-ring (bicyclic) bond motifs is 3. The number of carbonyl (C=O) groups is 1. The summed E-state index contributed by atoms with van der Waals surface area (Å²) in [4.78, 5) is 14.5. The van der Waals surface area contributed by atoms with Gasteiger partial charge in [0.05, 0.1) is 19.2 Å². The van der Waals surface area contributed by atoms with Gasteiger partial charge in [0.25, 0.3) is 0 Å². The molecule has 1 atom stereocenters. The molecule has 28 heavy (non-hydrogen) atoms. The average Bonchev–Trinajstić information content (AvgIpc) is 3.05. The molecule has 1 aromatic carbocycles. The third-order valence-corrected chi connectivity index (χ3v) is 7.22. The van der Waals surface area contributed by atoms with Crippen LogP contribution in [-0.4, -0.2) is 35.1 Å². The Morgan fingerprint density at radius 2 is 1.96 bits per heavy atom. The van der Waals surface area contributed by atoms with Crippen LogP contribution in [0.15, 0.2) is 18.2 Å². The minimum Gasteiger partial charge on any atom is -0.465 e. The number of rotatable bonds is 4. The van der Waals surface area contributed by atoms with Gasteiger partial charge in [-0.25, -0.2) is 0 Å². The maximum atomic E-state index is 12.1. The van der Waals surface area contributed by atoms with E-state index >= 15 is 0 Å². The fraction of sp³-hybridized carbons (Fsp3) is 0.625. The summed E-state index contributed by atoms with van der Waals surface area (Å²) in [6.07, 6.45) is 10.4. The summed E-state index contributed by atoms with van der Waals surface area (Å²) in [5.41, 5.74) is 6.00. The number of aryl methyl sites for hydroxylation is 1. The van der Waals surface area contributed by atoms with Gasteiger partial charge < -0.3 is 9.30 Å². The molecule has 2 aliphatic carbocycles. The van der Waals surface area contributed by atoms with Crippen molar-refractivity contribution in [2.24, 2.45) is 0 Å². The second-order valence-corrected chi connectivity index (χ2v) is 8.81. The molecule has 4 nitrogen and oxygen atoms in total. The number of nitrogens with zero attached hydrogens (tertiary/aromatic N) is 2. The molecule has 3 aliphatic rings. The van der Waals surface area contributed by atoms with E-state index in [0.29, 0.717) is 19.2 Å². The molecule has 1 fully saturated rings. The Balaban J connectivity index is 1.51. The highest BCUT2D eigenvalue weighted by Gasteiger charge is 2.35. The van der Waals surface area contributed by atoms with Gasteiger partial charge in [0, 0.05) is 29.7 Å². The van der Waals surface area contributed by atoms with Crippen LogP contribution >= 0.6 is 0 Å². The van der Waals surface area contributed by atoms with Gasteiger partial charge in [0.2, 0.25) is 0 Å². The first kappa shape index (κ1) is 18.2. The van der Waals surface area contributed by atoms with Crippen molar-refractivity contribution in [1.29, 1.82) is 0 Å². The minimum absolute atomic E-state index is 0.0845. The molecular formula is C24H32N2O2. The second kappa shape index (κ2) is 7.55. The summed E-state index contributed by atoms with van der Waals surface area (Å²) >= 11 is 0. The first-order valence-corrected chi connectivity index (χ1v) is 11.3. The van der Waals surface area contributed by atoms with Crippen molar-refractivity contribution in [3.63, 3.8) is 0 Å². The van der Waals surface area contributed by atoms with Crippen LogP contribution in [0.25, 0.3) is 10.9 Å². The molecule has 2 aromatic rings. The molecule has 1 aliphatic heterocycles. The largest absolute Gasteiger partial charge is 0.465 e. The Morgan fingerprint density at radius 1 is 1.11 bits per heavy atom. The summed E-state index contributed by atoms with van der Waals surface area (Å²) in [7, 11) is 0. The lowest BCUT2D eigenvalue weighted by atomic mass is 9.83. The van der Waals surface area contributed by atoms with E-state index in [2.05, 4.69) is 27.7 Å². The molecule has 0 radical (unpaired) electrons.